The molecule has 106 valence electrons. The lowest BCUT2D eigenvalue weighted by atomic mass is 10.3. The normalized spacial score (nSPS) is 14.6. The molecule has 0 aromatic carbocycles. The van der Waals surface area contributed by atoms with Crippen molar-refractivity contribution in [2.24, 2.45) is 0 Å². The molecule has 6 heteroatoms. The van der Waals surface area contributed by atoms with Gasteiger partial charge in [0.25, 0.3) is 0 Å². The molecule has 6 nitrogen and oxygen atoms in total. The first kappa shape index (κ1) is 14.0. The van der Waals surface area contributed by atoms with Crippen LogP contribution in [0.2, 0.25) is 0 Å². The fraction of sp³-hybridized carbons (Fsp3) is 0.692. The van der Waals surface area contributed by atoms with Crippen molar-refractivity contribution in [3.63, 3.8) is 0 Å². The topological polar surface area (TPSA) is 68.2 Å². The van der Waals surface area contributed by atoms with Crippen molar-refractivity contribution in [3.05, 3.63) is 18.2 Å². The van der Waals surface area contributed by atoms with Crippen LogP contribution >= 0.6 is 0 Å². The van der Waals surface area contributed by atoms with E-state index >= 15 is 0 Å². The molecule has 1 amide bonds. The zero-order valence-corrected chi connectivity index (χ0v) is 11.4. The monoisotopic (exact) mass is 266 g/mol. The van der Waals surface area contributed by atoms with E-state index in [1.54, 1.807) is 7.11 Å². The minimum Gasteiger partial charge on any atom is -0.383 e. The lowest BCUT2D eigenvalue weighted by Gasteiger charge is -2.08. The van der Waals surface area contributed by atoms with Crippen molar-refractivity contribution in [1.29, 1.82) is 0 Å². The number of imidazole rings is 1. The first-order valence-corrected chi connectivity index (χ1v) is 6.78. The van der Waals surface area contributed by atoms with E-state index in [4.69, 9.17) is 4.74 Å². The lowest BCUT2D eigenvalue weighted by molar-refractivity contribution is -0.121. The summed E-state index contributed by atoms with van der Waals surface area (Å²) < 4.78 is 7.10. The van der Waals surface area contributed by atoms with Crippen molar-refractivity contribution in [2.45, 2.75) is 31.8 Å². The van der Waals surface area contributed by atoms with Gasteiger partial charge in [0.15, 0.2) is 0 Å². The van der Waals surface area contributed by atoms with Crippen molar-refractivity contribution >= 4 is 5.91 Å². The summed E-state index contributed by atoms with van der Waals surface area (Å²) in [5.74, 6) is 0.0558. The maximum absolute atomic E-state index is 11.4. The van der Waals surface area contributed by atoms with Crippen LogP contribution in [0.15, 0.2) is 12.5 Å². The average Bonchev–Trinajstić information content (AvgIpc) is 3.15. The molecule has 1 fully saturated rings. The number of carbonyl (C=O) groups is 1. The summed E-state index contributed by atoms with van der Waals surface area (Å²) in [6, 6.07) is 0.650. The molecular weight excluding hydrogens is 244 g/mol. The molecule has 2 rings (SSSR count). The third kappa shape index (κ3) is 4.65. The van der Waals surface area contributed by atoms with Gasteiger partial charge in [-0.2, -0.15) is 0 Å². The Morgan fingerprint density at radius 3 is 3.11 bits per heavy atom. The zero-order chi connectivity index (χ0) is 13.5. The summed E-state index contributed by atoms with van der Waals surface area (Å²) >= 11 is 0. The third-order valence-electron chi connectivity index (χ3n) is 3.15. The summed E-state index contributed by atoms with van der Waals surface area (Å²) in [5, 5.41) is 6.07. The van der Waals surface area contributed by atoms with Gasteiger partial charge in [0.2, 0.25) is 5.91 Å². The van der Waals surface area contributed by atoms with Crippen molar-refractivity contribution in [1.82, 2.24) is 20.2 Å². The fourth-order valence-corrected chi connectivity index (χ4v) is 1.95. The highest BCUT2D eigenvalue weighted by Gasteiger charge is 2.24. The summed E-state index contributed by atoms with van der Waals surface area (Å²) in [6.45, 7) is 2.57. The minimum atomic E-state index is 0.0558. The molecule has 1 aliphatic carbocycles. The number of hydrogen-bond donors (Lipinski definition) is 2. The molecule has 1 heterocycles. The summed E-state index contributed by atoms with van der Waals surface area (Å²) in [6.07, 6.45) is 6.79. The Bertz CT molecular complexity index is 401. The first-order chi connectivity index (χ1) is 9.31. The molecule has 0 atom stereocenters. The number of nitrogens with one attached hydrogen (secondary N) is 2. The molecule has 0 bridgehead atoms. The van der Waals surface area contributed by atoms with E-state index in [9.17, 15) is 4.79 Å². The van der Waals surface area contributed by atoms with Crippen LogP contribution < -0.4 is 10.6 Å². The van der Waals surface area contributed by atoms with E-state index in [0.29, 0.717) is 32.2 Å². The number of ether oxygens (including phenoxy) is 1. The Kier molecular flexibility index (Phi) is 5.35. The van der Waals surface area contributed by atoms with Crippen LogP contribution in [-0.2, 0) is 16.1 Å². The number of nitrogens with zero attached hydrogens (tertiary/aromatic N) is 2. The number of carbonyl (C=O) groups excluding carboxylic acids is 1. The molecule has 19 heavy (non-hydrogen) atoms. The highest BCUT2D eigenvalue weighted by atomic mass is 16.5. The molecular formula is C13H22N4O2. The third-order valence-corrected chi connectivity index (χ3v) is 3.15. The Morgan fingerprint density at radius 2 is 2.37 bits per heavy atom. The molecule has 0 radical (unpaired) electrons. The molecule has 2 N–H and O–H groups in total. The minimum absolute atomic E-state index is 0.0558. The predicted molar refractivity (Wildman–Crippen MR) is 71.7 cm³/mol. The molecule has 1 saturated carbocycles. The second kappa shape index (κ2) is 7.25. The van der Waals surface area contributed by atoms with Gasteiger partial charge in [0, 0.05) is 45.4 Å². The van der Waals surface area contributed by atoms with Crippen molar-refractivity contribution < 1.29 is 9.53 Å². The number of aromatic nitrogens is 2. The zero-order valence-electron chi connectivity index (χ0n) is 11.4. The van der Waals surface area contributed by atoms with Crippen LogP contribution in [0.3, 0.4) is 0 Å². The van der Waals surface area contributed by atoms with E-state index in [1.165, 1.54) is 18.5 Å². The van der Waals surface area contributed by atoms with E-state index < -0.39 is 0 Å². The van der Waals surface area contributed by atoms with Crippen LogP contribution in [0.5, 0.6) is 0 Å². The fourth-order valence-electron chi connectivity index (χ4n) is 1.95. The van der Waals surface area contributed by atoms with E-state index in [2.05, 4.69) is 20.2 Å². The molecule has 1 aromatic rings. The van der Waals surface area contributed by atoms with Gasteiger partial charge in [-0.1, -0.05) is 0 Å². The summed E-state index contributed by atoms with van der Waals surface area (Å²) in [7, 11) is 1.62. The smallest absolute Gasteiger partial charge is 0.221 e. The number of hydrogen-bond acceptors (Lipinski definition) is 4. The van der Waals surface area contributed by atoms with Crippen molar-refractivity contribution in [2.75, 3.05) is 26.8 Å². The Labute approximate surface area is 113 Å². The molecule has 0 spiro atoms. The van der Waals surface area contributed by atoms with Crippen LogP contribution in [0.1, 0.15) is 31.0 Å². The van der Waals surface area contributed by atoms with Gasteiger partial charge in [-0.3, -0.25) is 4.79 Å². The van der Waals surface area contributed by atoms with E-state index in [-0.39, 0.29) is 5.91 Å². The maximum Gasteiger partial charge on any atom is 0.221 e. The second-order valence-electron chi connectivity index (χ2n) is 4.79. The van der Waals surface area contributed by atoms with Crippen molar-refractivity contribution in [3.8, 4) is 0 Å². The van der Waals surface area contributed by atoms with Gasteiger partial charge in [-0.25, -0.2) is 4.98 Å². The van der Waals surface area contributed by atoms with Gasteiger partial charge >= 0.3 is 0 Å². The van der Waals surface area contributed by atoms with Gasteiger partial charge in [-0.05, 0) is 12.8 Å². The number of rotatable bonds is 9. The lowest BCUT2D eigenvalue weighted by Crippen LogP contribution is -2.30. The predicted octanol–water partition coefficient (Wildman–Crippen LogP) is 0.460. The highest BCUT2D eigenvalue weighted by molar-refractivity contribution is 5.75. The molecule has 0 aliphatic heterocycles. The Balaban J connectivity index is 1.58. The van der Waals surface area contributed by atoms with Crippen LogP contribution in [0, 0.1) is 0 Å². The van der Waals surface area contributed by atoms with Gasteiger partial charge in [-0.15, -0.1) is 0 Å². The molecule has 0 saturated heterocycles. The van der Waals surface area contributed by atoms with Crippen LogP contribution in [0.25, 0.3) is 0 Å². The Hall–Kier alpha value is -1.40. The van der Waals surface area contributed by atoms with Gasteiger partial charge < -0.3 is 19.9 Å². The first-order valence-electron chi connectivity index (χ1n) is 6.78. The highest BCUT2D eigenvalue weighted by Crippen LogP contribution is 2.35. The Morgan fingerprint density at radius 1 is 1.53 bits per heavy atom. The van der Waals surface area contributed by atoms with E-state index in [1.807, 2.05) is 12.5 Å². The van der Waals surface area contributed by atoms with Crippen LogP contribution in [0.4, 0.5) is 0 Å². The molecule has 0 unspecified atom stereocenters. The summed E-state index contributed by atoms with van der Waals surface area (Å²) in [4.78, 5) is 15.6. The molecule has 1 aliphatic rings. The van der Waals surface area contributed by atoms with Crippen LogP contribution in [-0.4, -0.2) is 42.3 Å². The second-order valence-corrected chi connectivity index (χ2v) is 4.79. The average molecular weight is 266 g/mol. The number of methoxy groups -OCH3 is 1. The standard InChI is InChI=1S/C13H22N4O2/c1-19-7-6-16-13(18)4-5-14-8-12-9-15-10-17(12)11-2-3-11/h9-11,14H,2-8H2,1H3,(H,16,18). The quantitative estimate of drug-likeness (QED) is 0.637. The summed E-state index contributed by atoms with van der Waals surface area (Å²) in [5.41, 5.74) is 1.20. The largest absolute Gasteiger partial charge is 0.383 e. The van der Waals surface area contributed by atoms with Gasteiger partial charge in [0.1, 0.15) is 0 Å². The number of amides is 1. The van der Waals surface area contributed by atoms with E-state index in [0.717, 1.165) is 6.54 Å². The maximum atomic E-state index is 11.4. The van der Waals surface area contributed by atoms with Gasteiger partial charge in [0.05, 0.1) is 18.6 Å². The molecule has 1 aromatic heterocycles. The SMILES string of the molecule is COCCNC(=O)CCNCc1cncn1C1CC1.